The van der Waals surface area contributed by atoms with Crippen LogP contribution in [0, 0.1) is 0 Å². The van der Waals surface area contributed by atoms with E-state index >= 15 is 0 Å². The lowest BCUT2D eigenvalue weighted by atomic mass is 9.89. The summed E-state index contributed by atoms with van der Waals surface area (Å²) in [4.78, 5) is 25.0. The number of pyridine rings is 3. The van der Waals surface area contributed by atoms with E-state index in [0.29, 0.717) is 18.1 Å². The van der Waals surface area contributed by atoms with Gasteiger partial charge < -0.3 is 4.74 Å². The molecule has 0 spiro atoms. The summed E-state index contributed by atoms with van der Waals surface area (Å²) < 4.78 is 5.94. The molecule has 4 rings (SSSR count). The molecule has 1 aliphatic carbocycles. The number of nitrogens with zero attached hydrogens (tertiary/aromatic N) is 3. The molecule has 0 saturated heterocycles. The second kappa shape index (κ2) is 7.66. The third-order valence-corrected chi connectivity index (χ3v) is 4.83. The van der Waals surface area contributed by atoms with Gasteiger partial charge >= 0.3 is 0 Å². The lowest BCUT2D eigenvalue weighted by molar-refractivity contribution is 0.101. The van der Waals surface area contributed by atoms with E-state index in [-0.39, 0.29) is 5.78 Å². The molecule has 0 N–H and O–H groups in total. The van der Waals surface area contributed by atoms with Crippen LogP contribution in [0.4, 0.5) is 0 Å². The lowest BCUT2D eigenvalue weighted by Gasteiger charge is -2.20. The van der Waals surface area contributed by atoms with E-state index in [4.69, 9.17) is 9.72 Å². The quantitative estimate of drug-likeness (QED) is 0.639. The maximum atomic E-state index is 11.8. The second-order valence-corrected chi connectivity index (χ2v) is 6.77. The molecule has 5 heteroatoms. The normalized spacial score (nSPS) is 13.1. The highest BCUT2D eigenvalue weighted by Crippen LogP contribution is 2.33. The Labute approximate surface area is 158 Å². The maximum Gasteiger partial charge on any atom is 0.214 e. The summed E-state index contributed by atoms with van der Waals surface area (Å²) in [6.07, 6.45) is 9.39. The smallest absolute Gasteiger partial charge is 0.214 e. The Balaban J connectivity index is 1.71. The number of hydrogen-bond acceptors (Lipinski definition) is 5. The average Bonchev–Trinajstić information content (AvgIpc) is 2.72. The first kappa shape index (κ1) is 17.3. The summed E-state index contributed by atoms with van der Waals surface area (Å²) in [7, 11) is 0. The Kier molecular flexibility index (Phi) is 4.92. The van der Waals surface area contributed by atoms with E-state index in [1.807, 2.05) is 30.3 Å². The Morgan fingerprint density at radius 2 is 2.04 bits per heavy atom. The van der Waals surface area contributed by atoms with Crippen LogP contribution in [0.3, 0.4) is 0 Å². The molecule has 27 heavy (non-hydrogen) atoms. The molecule has 0 bridgehead atoms. The molecule has 0 fully saturated rings. The van der Waals surface area contributed by atoms with Crippen molar-refractivity contribution in [3.05, 3.63) is 71.4 Å². The molecule has 0 amide bonds. The fraction of sp³-hybridized carbons (Fsp3) is 0.273. The number of rotatable bonds is 5. The van der Waals surface area contributed by atoms with Gasteiger partial charge in [-0.3, -0.25) is 14.8 Å². The molecule has 3 heterocycles. The van der Waals surface area contributed by atoms with Gasteiger partial charge in [0.1, 0.15) is 6.61 Å². The summed E-state index contributed by atoms with van der Waals surface area (Å²) >= 11 is 0. The summed E-state index contributed by atoms with van der Waals surface area (Å²) in [6, 6.07) is 9.62. The van der Waals surface area contributed by atoms with E-state index in [1.54, 1.807) is 25.5 Å². The minimum atomic E-state index is 0.0129. The minimum absolute atomic E-state index is 0.0129. The monoisotopic (exact) mass is 359 g/mol. The highest BCUT2D eigenvalue weighted by Gasteiger charge is 2.19. The number of ketones is 1. The van der Waals surface area contributed by atoms with Crippen LogP contribution in [-0.2, 0) is 19.4 Å². The number of aromatic nitrogens is 3. The van der Waals surface area contributed by atoms with Gasteiger partial charge in [0.15, 0.2) is 5.78 Å². The van der Waals surface area contributed by atoms with Crippen molar-refractivity contribution >= 4 is 5.78 Å². The summed E-state index contributed by atoms with van der Waals surface area (Å²) in [5.74, 6) is 0.600. The third kappa shape index (κ3) is 3.87. The van der Waals surface area contributed by atoms with Gasteiger partial charge in [-0.25, -0.2) is 4.98 Å². The van der Waals surface area contributed by atoms with Crippen molar-refractivity contribution in [3.8, 4) is 17.0 Å². The second-order valence-electron chi connectivity index (χ2n) is 6.77. The molecular weight excluding hydrogens is 338 g/mol. The van der Waals surface area contributed by atoms with Crippen molar-refractivity contribution in [2.75, 3.05) is 0 Å². The molecule has 136 valence electrons. The number of Topliss-reactive ketones (excluding diaryl/α,β-unsaturated/α-hetero) is 1. The lowest BCUT2D eigenvalue weighted by Crippen LogP contribution is -2.09. The van der Waals surface area contributed by atoms with E-state index in [9.17, 15) is 4.79 Å². The summed E-state index contributed by atoms with van der Waals surface area (Å²) in [6.45, 7) is 1.93. The zero-order chi connectivity index (χ0) is 18.6. The largest absolute Gasteiger partial charge is 0.471 e. The first-order valence-corrected chi connectivity index (χ1v) is 9.22. The van der Waals surface area contributed by atoms with Crippen LogP contribution >= 0.6 is 0 Å². The van der Waals surface area contributed by atoms with Crippen molar-refractivity contribution in [1.82, 2.24) is 15.0 Å². The zero-order valence-electron chi connectivity index (χ0n) is 15.3. The van der Waals surface area contributed by atoms with Crippen LogP contribution in [0.25, 0.3) is 11.1 Å². The van der Waals surface area contributed by atoms with Crippen LogP contribution in [0.2, 0.25) is 0 Å². The van der Waals surface area contributed by atoms with Gasteiger partial charge in [0.25, 0.3) is 0 Å². The van der Waals surface area contributed by atoms with Crippen LogP contribution in [0.5, 0.6) is 5.88 Å². The first-order chi connectivity index (χ1) is 13.2. The topological polar surface area (TPSA) is 65.0 Å². The van der Waals surface area contributed by atoms with Crippen LogP contribution in [0.1, 0.15) is 47.1 Å². The SMILES string of the molecule is CC(=O)c1cncc(-c2cc(OCc3ccccn3)nc3c2CCCC3)c1. The Morgan fingerprint density at radius 3 is 2.85 bits per heavy atom. The predicted molar refractivity (Wildman–Crippen MR) is 103 cm³/mol. The molecule has 5 nitrogen and oxygen atoms in total. The Hall–Kier alpha value is -3.08. The number of aryl methyl sites for hydroxylation is 1. The summed E-state index contributed by atoms with van der Waals surface area (Å²) in [5, 5.41) is 0. The van der Waals surface area contributed by atoms with Gasteiger partial charge in [-0.15, -0.1) is 0 Å². The molecule has 0 atom stereocenters. The standard InChI is InChI=1S/C22H21N3O2/c1-15(26)16-10-17(13-23-12-16)20-11-22(25-21-8-3-2-7-19(20)21)27-14-18-6-4-5-9-24-18/h4-6,9-13H,2-3,7-8,14H2,1H3. The van der Waals surface area contributed by atoms with Crippen LogP contribution in [0.15, 0.2) is 48.9 Å². The van der Waals surface area contributed by atoms with E-state index in [0.717, 1.165) is 48.2 Å². The van der Waals surface area contributed by atoms with Crippen molar-refractivity contribution in [3.63, 3.8) is 0 Å². The molecule has 0 aliphatic heterocycles. The van der Waals surface area contributed by atoms with Gasteiger partial charge in [0, 0.05) is 41.5 Å². The van der Waals surface area contributed by atoms with Gasteiger partial charge in [-0.05, 0) is 61.9 Å². The molecule has 0 saturated carbocycles. The minimum Gasteiger partial charge on any atom is -0.471 e. The molecule has 0 radical (unpaired) electrons. The summed E-state index contributed by atoms with van der Waals surface area (Å²) in [5.41, 5.74) is 5.80. The number of fused-ring (bicyclic) bond motifs is 1. The highest BCUT2D eigenvalue weighted by atomic mass is 16.5. The molecule has 0 unspecified atom stereocenters. The molecule has 0 aromatic carbocycles. The Bertz CT molecular complexity index is 971. The zero-order valence-corrected chi connectivity index (χ0v) is 15.3. The number of carbonyl (C=O) groups is 1. The molecular formula is C22H21N3O2. The van der Waals surface area contributed by atoms with Crippen molar-refractivity contribution in [2.45, 2.75) is 39.2 Å². The number of carbonyl (C=O) groups excluding carboxylic acids is 1. The number of hydrogen-bond donors (Lipinski definition) is 0. The maximum absolute atomic E-state index is 11.8. The molecule has 3 aromatic rings. The average molecular weight is 359 g/mol. The van der Waals surface area contributed by atoms with Gasteiger partial charge in [-0.1, -0.05) is 6.07 Å². The molecule has 1 aliphatic rings. The number of ether oxygens (including phenoxy) is 1. The van der Waals surface area contributed by atoms with Gasteiger partial charge in [-0.2, -0.15) is 0 Å². The van der Waals surface area contributed by atoms with Crippen molar-refractivity contribution in [2.24, 2.45) is 0 Å². The fourth-order valence-electron chi connectivity index (χ4n) is 3.42. The van der Waals surface area contributed by atoms with E-state index in [1.165, 1.54) is 5.56 Å². The van der Waals surface area contributed by atoms with E-state index < -0.39 is 0 Å². The van der Waals surface area contributed by atoms with E-state index in [2.05, 4.69) is 9.97 Å². The predicted octanol–water partition coefficient (Wildman–Crippen LogP) is 4.20. The van der Waals surface area contributed by atoms with Crippen molar-refractivity contribution in [1.29, 1.82) is 0 Å². The van der Waals surface area contributed by atoms with Gasteiger partial charge in [0.2, 0.25) is 5.88 Å². The van der Waals surface area contributed by atoms with Crippen LogP contribution in [-0.4, -0.2) is 20.7 Å². The Morgan fingerprint density at radius 1 is 1.15 bits per heavy atom. The highest BCUT2D eigenvalue weighted by molar-refractivity contribution is 5.95. The van der Waals surface area contributed by atoms with Crippen LogP contribution < -0.4 is 4.74 Å². The van der Waals surface area contributed by atoms with Gasteiger partial charge in [0.05, 0.1) is 5.69 Å². The van der Waals surface area contributed by atoms with Crippen molar-refractivity contribution < 1.29 is 9.53 Å². The third-order valence-electron chi connectivity index (χ3n) is 4.83. The molecule has 3 aromatic heterocycles. The fourth-order valence-corrected chi connectivity index (χ4v) is 3.42. The first-order valence-electron chi connectivity index (χ1n) is 9.22.